The lowest BCUT2D eigenvalue weighted by Gasteiger charge is -2.47. The van der Waals surface area contributed by atoms with Gasteiger partial charge in [-0.25, -0.2) is 4.39 Å². The molecule has 1 amide bonds. The monoisotopic (exact) mass is 237 g/mol. The van der Waals surface area contributed by atoms with E-state index in [1.165, 1.54) is 12.3 Å². The smallest absolute Gasteiger partial charge is 0.257 e. The third-order valence-corrected chi connectivity index (χ3v) is 3.05. The van der Waals surface area contributed by atoms with Gasteiger partial charge in [0, 0.05) is 19.3 Å². The van der Waals surface area contributed by atoms with Crippen LogP contribution in [0.3, 0.4) is 0 Å². The van der Waals surface area contributed by atoms with Crippen LogP contribution in [0.15, 0.2) is 18.5 Å². The van der Waals surface area contributed by atoms with E-state index >= 15 is 0 Å². The first-order valence-corrected chi connectivity index (χ1v) is 5.73. The molecule has 1 saturated heterocycles. The van der Waals surface area contributed by atoms with Gasteiger partial charge >= 0.3 is 0 Å². The molecule has 17 heavy (non-hydrogen) atoms. The second-order valence-corrected chi connectivity index (χ2v) is 4.63. The first-order valence-electron chi connectivity index (χ1n) is 5.73. The van der Waals surface area contributed by atoms with E-state index in [4.69, 9.17) is 5.73 Å². The van der Waals surface area contributed by atoms with Gasteiger partial charge in [-0.2, -0.15) is 0 Å². The van der Waals surface area contributed by atoms with E-state index in [1.54, 1.807) is 4.90 Å². The minimum Gasteiger partial charge on any atom is -0.335 e. The molecule has 92 valence electrons. The number of nitrogens with two attached hydrogens (primary N) is 1. The highest BCUT2D eigenvalue weighted by Crippen LogP contribution is 2.25. The summed E-state index contributed by atoms with van der Waals surface area (Å²) >= 11 is 0. The highest BCUT2D eigenvalue weighted by atomic mass is 19.1. The zero-order chi connectivity index (χ0) is 12.5. The Balaban J connectivity index is 2.03. The molecule has 0 spiro atoms. The van der Waals surface area contributed by atoms with Crippen molar-refractivity contribution in [3.63, 3.8) is 0 Å². The second-order valence-electron chi connectivity index (χ2n) is 4.63. The van der Waals surface area contributed by atoms with E-state index in [1.807, 2.05) is 0 Å². The van der Waals surface area contributed by atoms with Crippen LogP contribution in [0.25, 0.3) is 0 Å². The van der Waals surface area contributed by atoms with Crippen LogP contribution in [0.2, 0.25) is 0 Å². The summed E-state index contributed by atoms with van der Waals surface area (Å²) < 4.78 is 13.4. The molecule has 1 aliphatic rings. The van der Waals surface area contributed by atoms with E-state index < -0.39 is 5.82 Å². The van der Waals surface area contributed by atoms with Crippen molar-refractivity contribution in [1.29, 1.82) is 0 Å². The summed E-state index contributed by atoms with van der Waals surface area (Å²) in [6, 6.07) is 1.40. The quantitative estimate of drug-likeness (QED) is 0.858. The average molecular weight is 237 g/mol. The summed E-state index contributed by atoms with van der Waals surface area (Å²) in [5.41, 5.74) is 5.84. The van der Waals surface area contributed by atoms with E-state index in [0.29, 0.717) is 13.1 Å². The largest absolute Gasteiger partial charge is 0.335 e. The van der Waals surface area contributed by atoms with Crippen molar-refractivity contribution in [2.75, 3.05) is 13.1 Å². The Kier molecular flexibility index (Phi) is 3.11. The lowest BCUT2D eigenvalue weighted by molar-refractivity contribution is 0.0382. The van der Waals surface area contributed by atoms with Crippen LogP contribution in [0.5, 0.6) is 0 Å². The summed E-state index contributed by atoms with van der Waals surface area (Å²) in [5.74, 6) is -0.885. The SMILES string of the molecule is CCCC1(N)CN(C(=O)c2ccncc2F)C1. The fraction of sp³-hybridized carbons (Fsp3) is 0.500. The van der Waals surface area contributed by atoms with Crippen LogP contribution in [-0.2, 0) is 0 Å². The molecule has 0 unspecified atom stereocenters. The molecule has 0 saturated carbocycles. The topological polar surface area (TPSA) is 59.2 Å². The minimum absolute atomic E-state index is 0.0681. The van der Waals surface area contributed by atoms with E-state index in [9.17, 15) is 9.18 Å². The van der Waals surface area contributed by atoms with Gasteiger partial charge in [0.15, 0.2) is 5.82 Å². The molecule has 0 aromatic carbocycles. The van der Waals surface area contributed by atoms with Crippen molar-refractivity contribution in [3.05, 3.63) is 29.8 Å². The third kappa shape index (κ3) is 2.29. The van der Waals surface area contributed by atoms with Crippen molar-refractivity contribution in [2.24, 2.45) is 5.73 Å². The van der Waals surface area contributed by atoms with Gasteiger partial charge in [0.25, 0.3) is 5.91 Å². The molecule has 0 radical (unpaired) electrons. The van der Waals surface area contributed by atoms with Gasteiger partial charge in [-0.1, -0.05) is 13.3 Å². The predicted molar refractivity (Wildman–Crippen MR) is 61.9 cm³/mol. The standard InChI is InChI=1S/C12H16FN3O/c1-2-4-12(14)7-16(8-12)11(17)9-3-5-15-6-10(9)13/h3,5-6H,2,4,7-8,14H2,1H3. The number of carbonyl (C=O) groups excluding carboxylic acids is 1. The summed E-state index contributed by atoms with van der Waals surface area (Å²) in [6.07, 6.45) is 4.34. The Labute approximate surface area is 99.6 Å². The number of hydrogen-bond acceptors (Lipinski definition) is 3. The Bertz CT molecular complexity index is 430. The number of likely N-dealkylation sites (tertiary alicyclic amines) is 1. The number of aromatic nitrogens is 1. The van der Waals surface area contributed by atoms with Crippen LogP contribution in [-0.4, -0.2) is 34.4 Å². The maximum Gasteiger partial charge on any atom is 0.257 e. The zero-order valence-electron chi connectivity index (χ0n) is 9.82. The van der Waals surface area contributed by atoms with E-state index in [-0.39, 0.29) is 17.0 Å². The number of halogens is 1. The number of carbonyl (C=O) groups is 1. The highest BCUT2D eigenvalue weighted by molar-refractivity contribution is 5.95. The van der Waals surface area contributed by atoms with Crippen LogP contribution in [0, 0.1) is 5.82 Å². The number of hydrogen-bond donors (Lipinski definition) is 1. The Morgan fingerprint density at radius 3 is 2.94 bits per heavy atom. The van der Waals surface area contributed by atoms with Crippen molar-refractivity contribution in [1.82, 2.24) is 9.88 Å². The maximum absolute atomic E-state index is 13.4. The van der Waals surface area contributed by atoms with E-state index in [0.717, 1.165) is 19.0 Å². The molecular formula is C12H16FN3O. The van der Waals surface area contributed by atoms with Gasteiger partial charge in [-0.15, -0.1) is 0 Å². The molecule has 1 aromatic rings. The molecule has 1 fully saturated rings. The van der Waals surface area contributed by atoms with E-state index in [2.05, 4.69) is 11.9 Å². The molecule has 4 nitrogen and oxygen atoms in total. The number of amides is 1. The molecule has 1 aromatic heterocycles. The Morgan fingerprint density at radius 1 is 1.65 bits per heavy atom. The Hall–Kier alpha value is -1.49. The molecule has 1 aliphatic heterocycles. The lowest BCUT2D eigenvalue weighted by atomic mass is 9.86. The summed E-state index contributed by atoms with van der Waals surface area (Å²) in [5, 5.41) is 0. The predicted octanol–water partition coefficient (Wildman–Crippen LogP) is 1.17. The summed E-state index contributed by atoms with van der Waals surface area (Å²) in [4.78, 5) is 17.1. The van der Waals surface area contributed by atoms with Gasteiger partial charge < -0.3 is 10.6 Å². The molecule has 2 N–H and O–H groups in total. The van der Waals surface area contributed by atoms with Crippen LogP contribution >= 0.6 is 0 Å². The number of pyridine rings is 1. The molecule has 2 rings (SSSR count). The first-order chi connectivity index (χ1) is 8.06. The molecule has 5 heteroatoms. The molecular weight excluding hydrogens is 221 g/mol. The normalized spacial score (nSPS) is 17.7. The van der Waals surface area contributed by atoms with Gasteiger partial charge in [0.05, 0.1) is 17.3 Å². The second kappa shape index (κ2) is 4.41. The average Bonchev–Trinajstić information content (AvgIpc) is 2.26. The molecule has 0 bridgehead atoms. The first kappa shape index (κ1) is 12.0. The number of rotatable bonds is 3. The van der Waals surface area contributed by atoms with Crippen LogP contribution in [0.1, 0.15) is 30.1 Å². The molecule has 0 atom stereocenters. The van der Waals surface area contributed by atoms with Crippen molar-refractivity contribution < 1.29 is 9.18 Å². The molecule has 2 heterocycles. The third-order valence-electron chi connectivity index (χ3n) is 3.05. The number of nitrogens with zero attached hydrogens (tertiary/aromatic N) is 2. The zero-order valence-corrected chi connectivity index (χ0v) is 9.82. The van der Waals surface area contributed by atoms with Gasteiger partial charge in [-0.3, -0.25) is 9.78 Å². The van der Waals surface area contributed by atoms with Gasteiger partial charge in [0.1, 0.15) is 0 Å². The van der Waals surface area contributed by atoms with Gasteiger partial charge in [-0.05, 0) is 12.5 Å². The highest BCUT2D eigenvalue weighted by Gasteiger charge is 2.41. The van der Waals surface area contributed by atoms with Crippen molar-refractivity contribution >= 4 is 5.91 Å². The van der Waals surface area contributed by atoms with Gasteiger partial charge in [0.2, 0.25) is 0 Å². The Morgan fingerprint density at radius 2 is 2.35 bits per heavy atom. The fourth-order valence-corrected chi connectivity index (χ4v) is 2.23. The summed E-state index contributed by atoms with van der Waals surface area (Å²) in [6.45, 7) is 3.06. The van der Waals surface area contributed by atoms with Crippen molar-refractivity contribution in [2.45, 2.75) is 25.3 Å². The van der Waals surface area contributed by atoms with Crippen LogP contribution < -0.4 is 5.73 Å². The fourth-order valence-electron chi connectivity index (χ4n) is 2.23. The summed E-state index contributed by atoms with van der Waals surface area (Å²) in [7, 11) is 0. The van der Waals surface area contributed by atoms with Crippen LogP contribution in [0.4, 0.5) is 4.39 Å². The van der Waals surface area contributed by atoms with Crippen molar-refractivity contribution in [3.8, 4) is 0 Å². The molecule has 0 aliphatic carbocycles. The lowest BCUT2D eigenvalue weighted by Crippen LogP contribution is -2.68. The minimum atomic E-state index is -0.581. The maximum atomic E-state index is 13.4.